The first-order valence-electron chi connectivity index (χ1n) is 19.7. The molecule has 0 radical (unpaired) electrons. The van der Waals surface area contributed by atoms with E-state index in [-0.39, 0.29) is 19.4 Å². The number of hydrogen-bond acceptors (Lipinski definition) is 9. The van der Waals surface area contributed by atoms with Gasteiger partial charge < -0.3 is 25.2 Å². The number of phosphoric acid groups is 1. The Hall–Kier alpha value is -2.56. The maximum absolute atomic E-state index is 12.6. The van der Waals surface area contributed by atoms with Crippen molar-refractivity contribution in [1.29, 1.82) is 0 Å². The summed E-state index contributed by atoms with van der Waals surface area (Å²) in [5.41, 5.74) is 5.32. The highest BCUT2D eigenvalue weighted by Crippen LogP contribution is 2.43. The number of carbonyl (C=O) groups excluding carboxylic acids is 2. The molecule has 0 aliphatic heterocycles. The van der Waals surface area contributed by atoms with E-state index in [9.17, 15) is 23.8 Å². The maximum Gasteiger partial charge on any atom is 0.472 e. The van der Waals surface area contributed by atoms with Gasteiger partial charge in [0.05, 0.1) is 13.2 Å². The summed E-state index contributed by atoms with van der Waals surface area (Å²) < 4.78 is 32.5. The molecule has 52 heavy (non-hydrogen) atoms. The molecule has 1 unspecified atom stereocenters. The second kappa shape index (κ2) is 35.5. The molecule has 12 heteroatoms. The van der Waals surface area contributed by atoms with Gasteiger partial charge in [0.15, 0.2) is 6.10 Å². The van der Waals surface area contributed by atoms with E-state index < -0.39 is 51.1 Å². The van der Waals surface area contributed by atoms with Gasteiger partial charge in [-0.2, -0.15) is 0 Å². The normalized spacial score (nSPS) is 14.4. The molecule has 0 aromatic carbocycles. The van der Waals surface area contributed by atoms with Crippen molar-refractivity contribution in [3.05, 3.63) is 48.6 Å². The van der Waals surface area contributed by atoms with Crippen LogP contribution in [0.25, 0.3) is 0 Å². The van der Waals surface area contributed by atoms with Crippen molar-refractivity contribution in [2.45, 2.75) is 167 Å². The van der Waals surface area contributed by atoms with Gasteiger partial charge >= 0.3 is 25.7 Å². The topological polar surface area (TPSA) is 172 Å². The monoisotopic (exact) mass is 755 g/mol. The Labute approximate surface area is 314 Å². The Morgan fingerprint density at radius 2 is 1.08 bits per heavy atom. The zero-order valence-electron chi connectivity index (χ0n) is 32.1. The van der Waals surface area contributed by atoms with Crippen LogP contribution < -0.4 is 5.73 Å². The SMILES string of the molecule is CC/C=C\C/C=C\C/C=C\C/C=C\CCCCC(=O)OC[C@H](COP(=O)(O)OC[C@H](N)C(=O)O)OC(=O)CCCCCCCCCCCCCCC. The van der Waals surface area contributed by atoms with Gasteiger partial charge in [-0.05, 0) is 51.4 Å². The molecule has 0 heterocycles. The summed E-state index contributed by atoms with van der Waals surface area (Å²) in [6, 6.07) is -1.53. The minimum absolute atomic E-state index is 0.153. The highest BCUT2D eigenvalue weighted by molar-refractivity contribution is 7.47. The number of unbranched alkanes of at least 4 members (excludes halogenated alkanes) is 14. The Morgan fingerprint density at radius 3 is 1.62 bits per heavy atom. The number of rotatable bonds is 36. The Morgan fingerprint density at radius 1 is 0.615 bits per heavy atom. The smallest absolute Gasteiger partial charge is 0.472 e. The highest BCUT2D eigenvalue weighted by atomic mass is 31.2. The molecule has 0 amide bonds. The molecule has 11 nitrogen and oxygen atoms in total. The fraction of sp³-hybridized carbons (Fsp3) is 0.725. The van der Waals surface area contributed by atoms with Crippen LogP contribution in [0.15, 0.2) is 48.6 Å². The molecule has 3 atom stereocenters. The van der Waals surface area contributed by atoms with Crippen molar-refractivity contribution < 1.29 is 47.5 Å². The zero-order valence-corrected chi connectivity index (χ0v) is 33.0. The van der Waals surface area contributed by atoms with Gasteiger partial charge in [0.2, 0.25) is 0 Å². The number of aliphatic carboxylic acids is 1. The standard InChI is InChI=1S/C40H70NO10P/c1-3-5-7-9-11-13-15-17-18-20-21-23-25-27-29-31-38(42)48-33-36(34-49-52(46,47)50-35-37(41)40(44)45)51-39(43)32-30-28-26-24-22-19-16-14-12-10-8-6-4-2/h5,7,11,13,17-18,21,23,36-37H,3-4,6,8-10,12,14-16,19-20,22,24-35,41H2,1-2H3,(H,44,45)(H,46,47)/b7-5-,13-11-,18-17-,23-21-/t36-,37+/m1/s1. The van der Waals surface area contributed by atoms with Gasteiger partial charge in [-0.15, -0.1) is 0 Å². The van der Waals surface area contributed by atoms with Crippen molar-refractivity contribution >= 4 is 25.7 Å². The van der Waals surface area contributed by atoms with Gasteiger partial charge in [-0.1, -0.05) is 140 Å². The first-order valence-corrected chi connectivity index (χ1v) is 21.2. The van der Waals surface area contributed by atoms with Crippen LogP contribution >= 0.6 is 7.82 Å². The first-order chi connectivity index (χ1) is 25.1. The molecular weight excluding hydrogens is 685 g/mol. The number of carbonyl (C=O) groups is 3. The van der Waals surface area contributed by atoms with E-state index in [0.29, 0.717) is 12.8 Å². The van der Waals surface area contributed by atoms with Crippen LogP contribution in [0.5, 0.6) is 0 Å². The van der Waals surface area contributed by atoms with E-state index in [1.54, 1.807) is 0 Å². The lowest BCUT2D eigenvalue weighted by atomic mass is 10.0. The molecule has 0 fully saturated rings. The molecule has 0 aliphatic rings. The van der Waals surface area contributed by atoms with E-state index >= 15 is 0 Å². The number of phosphoric ester groups is 1. The maximum atomic E-state index is 12.6. The molecule has 0 spiro atoms. The Bertz CT molecular complexity index is 1070. The second-order valence-corrected chi connectivity index (χ2v) is 14.5. The van der Waals surface area contributed by atoms with Crippen molar-refractivity contribution in [3.63, 3.8) is 0 Å². The predicted molar refractivity (Wildman–Crippen MR) is 208 cm³/mol. The number of ether oxygens (including phenoxy) is 2. The van der Waals surface area contributed by atoms with Crippen LogP contribution in [0, 0.1) is 0 Å². The molecule has 300 valence electrons. The van der Waals surface area contributed by atoms with Crippen molar-refractivity contribution in [2.75, 3.05) is 19.8 Å². The molecule has 0 aliphatic carbocycles. The molecule has 0 aromatic heterocycles. The van der Waals surface area contributed by atoms with Gasteiger partial charge in [-0.25, -0.2) is 4.57 Å². The van der Waals surface area contributed by atoms with Crippen molar-refractivity contribution in [1.82, 2.24) is 0 Å². The number of carboxylic acids is 1. The number of hydrogen-bond donors (Lipinski definition) is 3. The van der Waals surface area contributed by atoms with Gasteiger partial charge in [0.25, 0.3) is 0 Å². The van der Waals surface area contributed by atoms with E-state index in [1.807, 2.05) is 0 Å². The Kier molecular flexibility index (Phi) is 33.7. The van der Waals surface area contributed by atoms with Crippen LogP contribution in [0.4, 0.5) is 0 Å². The van der Waals surface area contributed by atoms with Crippen LogP contribution in [-0.4, -0.2) is 59.9 Å². The summed E-state index contributed by atoms with van der Waals surface area (Å²) >= 11 is 0. The molecule has 0 rings (SSSR count). The summed E-state index contributed by atoms with van der Waals surface area (Å²) in [6.07, 6.45) is 37.5. The molecule has 4 N–H and O–H groups in total. The third-order valence-electron chi connectivity index (χ3n) is 8.09. The van der Waals surface area contributed by atoms with Gasteiger partial charge in [0, 0.05) is 12.8 Å². The highest BCUT2D eigenvalue weighted by Gasteiger charge is 2.28. The predicted octanol–water partition coefficient (Wildman–Crippen LogP) is 9.83. The van der Waals surface area contributed by atoms with Crippen LogP contribution in [0.2, 0.25) is 0 Å². The van der Waals surface area contributed by atoms with Crippen LogP contribution in [0.1, 0.15) is 155 Å². The third kappa shape index (κ3) is 34.5. The molecule has 0 saturated carbocycles. The molecule has 0 aromatic rings. The third-order valence-corrected chi connectivity index (χ3v) is 9.04. The lowest BCUT2D eigenvalue weighted by molar-refractivity contribution is -0.161. The van der Waals surface area contributed by atoms with Crippen molar-refractivity contribution in [2.24, 2.45) is 5.73 Å². The number of nitrogens with two attached hydrogens (primary N) is 1. The molecule has 0 bridgehead atoms. The number of allylic oxidation sites excluding steroid dienone is 8. The lowest BCUT2D eigenvalue weighted by Gasteiger charge is -2.20. The first kappa shape index (κ1) is 49.4. The minimum Gasteiger partial charge on any atom is -0.480 e. The summed E-state index contributed by atoms with van der Waals surface area (Å²) in [5.74, 6) is -2.43. The zero-order chi connectivity index (χ0) is 38.5. The van der Waals surface area contributed by atoms with E-state index in [1.165, 1.54) is 57.8 Å². The second-order valence-electron chi connectivity index (χ2n) is 13.0. The fourth-order valence-corrected chi connectivity index (χ4v) is 5.77. The van der Waals surface area contributed by atoms with Gasteiger partial charge in [-0.3, -0.25) is 23.4 Å². The molecule has 0 saturated heterocycles. The summed E-state index contributed by atoms with van der Waals surface area (Å²) in [5, 5.41) is 8.86. The summed E-state index contributed by atoms with van der Waals surface area (Å²) in [4.78, 5) is 45.8. The van der Waals surface area contributed by atoms with Crippen molar-refractivity contribution in [3.8, 4) is 0 Å². The van der Waals surface area contributed by atoms with Gasteiger partial charge in [0.1, 0.15) is 12.6 Å². The van der Waals surface area contributed by atoms with E-state index in [4.69, 9.17) is 24.8 Å². The lowest BCUT2D eigenvalue weighted by Crippen LogP contribution is -2.34. The van der Waals surface area contributed by atoms with Crippen LogP contribution in [0.3, 0.4) is 0 Å². The Balaban J connectivity index is 4.49. The fourth-order valence-electron chi connectivity index (χ4n) is 5.00. The quantitative estimate of drug-likeness (QED) is 0.0241. The average Bonchev–Trinajstić information content (AvgIpc) is 3.12. The van der Waals surface area contributed by atoms with Crippen LogP contribution in [-0.2, 0) is 37.5 Å². The number of esters is 2. The largest absolute Gasteiger partial charge is 0.480 e. The molecular formula is C40H70NO10P. The minimum atomic E-state index is -4.72. The summed E-state index contributed by atoms with van der Waals surface area (Å²) in [6.45, 7) is 2.62. The van der Waals surface area contributed by atoms with E-state index in [0.717, 1.165) is 57.8 Å². The average molecular weight is 756 g/mol. The number of carboxylic acid groups (broad SMARTS) is 1. The summed E-state index contributed by atoms with van der Waals surface area (Å²) in [7, 11) is -4.72. The van der Waals surface area contributed by atoms with E-state index in [2.05, 4.69) is 67.0 Å².